The fraction of sp³-hybridized carbons (Fsp3) is 0.269. The number of rotatable bonds is 6. The van der Waals surface area contributed by atoms with Gasteiger partial charge in [-0.2, -0.15) is 0 Å². The Morgan fingerprint density at radius 3 is 2.65 bits per heavy atom. The predicted octanol–water partition coefficient (Wildman–Crippen LogP) is 5.89. The molecule has 172 valence electrons. The number of nitrogens with one attached hydrogen (secondary N) is 1. The van der Waals surface area contributed by atoms with Crippen LogP contribution in [0.4, 0.5) is 23.1 Å². The Hall–Kier alpha value is -4.07. The molecule has 1 N–H and O–H groups in total. The van der Waals surface area contributed by atoms with E-state index in [4.69, 9.17) is 9.72 Å². The van der Waals surface area contributed by atoms with Gasteiger partial charge in [-0.05, 0) is 69.0 Å². The highest BCUT2D eigenvalue weighted by Crippen LogP contribution is 2.32. The second-order valence-electron chi connectivity index (χ2n) is 8.36. The monoisotopic (exact) mass is 453 g/mol. The number of fused-ring (bicyclic) bond motifs is 1. The molecule has 1 aliphatic rings. The Labute approximate surface area is 198 Å². The molecule has 0 unspecified atom stereocenters. The van der Waals surface area contributed by atoms with E-state index in [0.29, 0.717) is 16.9 Å². The van der Waals surface area contributed by atoms with Crippen LogP contribution < -0.4 is 15.0 Å². The van der Waals surface area contributed by atoms with Gasteiger partial charge >= 0.3 is 0 Å². The van der Waals surface area contributed by atoms with E-state index in [9.17, 15) is 0 Å². The fourth-order valence-corrected chi connectivity index (χ4v) is 4.04. The lowest BCUT2D eigenvalue weighted by Gasteiger charge is -2.16. The second kappa shape index (κ2) is 9.43. The van der Waals surface area contributed by atoms with Crippen LogP contribution >= 0.6 is 0 Å². The van der Waals surface area contributed by atoms with E-state index >= 15 is 0 Å². The Kier molecular flexibility index (Phi) is 6.03. The molecule has 8 nitrogen and oxygen atoms in total. The molecule has 1 aliphatic heterocycles. The molecule has 1 saturated heterocycles. The third-order valence-electron chi connectivity index (χ3n) is 5.87. The van der Waals surface area contributed by atoms with Gasteiger partial charge in [-0.3, -0.25) is 4.99 Å². The summed E-state index contributed by atoms with van der Waals surface area (Å²) in [5.41, 5.74) is 5.32. The molecule has 1 fully saturated rings. The van der Waals surface area contributed by atoms with Gasteiger partial charge in [0.25, 0.3) is 0 Å². The van der Waals surface area contributed by atoms with Crippen LogP contribution in [0.15, 0.2) is 53.9 Å². The molecule has 0 atom stereocenters. The maximum atomic E-state index is 6.15. The summed E-state index contributed by atoms with van der Waals surface area (Å²) in [6, 6.07) is 11.9. The lowest BCUT2D eigenvalue weighted by Crippen LogP contribution is -2.20. The second-order valence-corrected chi connectivity index (χ2v) is 8.36. The summed E-state index contributed by atoms with van der Waals surface area (Å²) in [6.45, 7) is 7.92. The van der Waals surface area contributed by atoms with Crippen LogP contribution in [0.25, 0.3) is 11.0 Å². The van der Waals surface area contributed by atoms with Gasteiger partial charge in [-0.25, -0.2) is 19.9 Å². The number of benzene rings is 2. The van der Waals surface area contributed by atoms with Crippen LogP contribution in [0, 0.1) is 13.8 Å². The number of hydrogen-bond donors (Lipinski definition) is 1. The Balaban J connectivity index is 1.39. The molecule has 0 saturated carbocycles. The van der Waals surface area contributed by atoms with Crippen molar-refractivity contribution in [2.75, 3.05) is 23.3 Å². The van der Waals surface area contributed by atoms with Crippen LogP contribution in [0.3, 0.4) is 0 Å². The van der Waals surface area contributed by atoms with E-state index in [-0.39, 0.29) is 0 Å². The molecule has 34 heavy (non-hydrogen) atoms. The van der Waals surface area contributed by atoms with Crippen molar-refractivity contribution in [1.82, 2.24) is 19.9 Å². The molecule has 0 aliphatic carbocycles. The fourth-order valence-electron chi connectivity index (χ4n) is 4.04. The number of anilines is 3. The minimum Gasteiger partial charge on any atom is -0.457 e. The third-order valence-corrected chi connectivity index (χ3v) is 5.87. The normalized spacial score (nSPS) is 13.7. The smallest absolute Gasteiger partial charge is 0.226 e. The number of nitrogens with zero attached hydrogens (tertiary/aromatic N) is 6. The number of aromatic nitrogens is 4. The van der Waals surface area contributed by atoms with Crippen molar-refractivity contribution >= 4 is 40.4 Å². The van der Waals surface area contributed by atoms with Crippen LogP contribution in [0.5, 0.6) is 11.5 Å². The van der Waals surface area contributed by atoms with E-state index in [1.165, 1.54) is 19.2 Å². The minimum absolute atomic E-state index is 0.654. The van der Waals surface area contributed by atoms with Crippen molar-refractivity contribution in [3.8, 4) is 11.5 Å². The van der Waals surface area contributed by atoms with Crippen molar-refractivity contribution < 1.29 is 4.74 Å². The molecule has 0 amide bonds. The Morgan fingerprint density at radius 1 is 1.00 bits per heavy atom. The van der Waals surface area contributed by atoms with Crippen molar-refractivity contribution in [2.45, 2.75) is 33.6 Å². The molecule has 0 spiro atoms. The zero-order valence-electron chi connectivity index (χ0n) is 19.6. The summed E-state index contributed by atoms with van der Waals surface area (Å²) in [4.78, 5) is 24.7. The first-order chi connectivity index (χ1) is 16.6. The number of aliphatic imine (C=N–C) groups is 1. The third kappa shape index (κ3) is 4.52. The van der Waals surface area contributed by atoms with Crippen LogP contribution in [0.1, 0.15) is 30.9 Å². The molecule has 3 heterocycles. The summed E-state index contributed by atoms with van der Waals surface area (Å²) in [7, 11) is 0. The number of hydrogen-bond acceptors (Lipinski definition) is 8. The van der Waals surface area contributed by atoms with Crippen LogP contribution in [-0.2, 0) is 0 Å². The molecule has 4 aromatic rings. The summed E-state index contributed by atoms with van der Waals surface area (Å²) in [5, 5.41) is 3.40. The van der Waals surface area contributed by atoms with Gasteiger partial charge < -0.3 is 15.0 Å². The van der Waals surface area contributed by atoms with Crippen molar-refractivity contribution in [1.29, 1.82) is 0 Å². The number of ether oxygens (including phenoxy) is 1. The summed E-state index contributed by atoms with van der Waals surface area (Å²) in [5.74, 6) is 2.92. The van der Waals surface area contributed by atoms with Gasteiger partial charge in [0.1, 0.15) is 28.9 Å². The molecular weight excluding hydrogens is 426 g/mol. The largest absolute Gasteiger partial charge is 0.457 e. The lowest BCUT2D eigenvalue weighted by atomic mass is 10.2. The highest BCUT2D eigenvalue weighted by Gasteiger charge is 2.17. The van der Waals surface area contributed by atoms with E-state index < -0.39 is 0 Å². The standard InChI is InChI=1S/C26H27N7O/c1-4-27-21-14-20(9-7-17(21)2)34-23-10-8-19(13-18(23)3)31-25-24-22(29-16-30-25)15-28-26(32-24)33-11-5-6-12-33/h4,7-10,13-16H,5-6,11-12H2,1-3H3,(H,29,30,31)/b27-4-. The summed E-state index contributed by atoms with van der Waals surface area (Å²) >= 11 is 0. The van der Waals surface area contributed by atoms with Crippen molar-refractivity contribution in [3.63, 3.8) is 0 Å². The van der Waals surface area contributed by atoms with E-state index in [1.807, 2.05) is 57.2 Å². The predicted molar refractivity (Wildman–Crippen MR) is 136 cm³/mol. The van der Waals surface area contributed by atoms with Gasteiger partial charge in [0, 0.05) is 31.1 Å². The average molecular weight is 454 g/mol. The first-order valence-electron chi connectivity index (χ1n) is 11.5. The van der Waals surface area contributed by atoms with E-state index in [1.54, 1.807) is 12.4 Å². The molecule has 0 radical (unpaired) electrons. The van der Waals surface area contributed by atoms with E-state index in [2.05, 4.69) is 30.2 Å². The molecule has 2 aromatic heterocycles. The van der Waals surface area contributed by atoms with Gasteiger partial charge in [0.2, 0.25) is 5.95 Å². The van der Waals surface area contributed by atoms with E-state index in [0.717, 1.165) is 53.0 Å². The maximum Gasteiger partial charge on any atom is 0.226 e. The first kappa shape index (κ1) is 21.8. The first-order valence-corrected chi connectivity index (χ1v) is 11.5. The quantitative estimate of drug-likeness (QED) is 0.364. The summed E-state index contributed by atoms with van der Waals surface area (Å²) < 4.78 is 6.15. The molecule has 5 rings (SSSR count). The molecule has 0 bridgehead atoms. The SMILES string of the molecule is C/C=N\c1cc(Oc2ccc(Nc3ncnc4cnc(N5CCCC5)nc34)cc2C)ccc1C. The highest BCUT2D eigenvalue weighted by atomic mass is 16.5. The van der Waals surface area contributed by atoms with Gasteiger partial charge in [-0.1, -0.05) is 6.07 Å². The van der Waals surface area contributed by atoms with Gasteiger partial charge in [0.05, 0.1) is 11.9 Å². The zero-order chi connectivity index (χ0) is 23.5. The topological polar surface area (TPSA) is 88.4 Å². The number of aryl methyl sites for hydroxylation is 2. The van der Waals surface area contributed by atoms with Gasteiger partial charge in [0.15, 0.2) is 5.82 Å². The Bertz CT molecular complexity index is 1360. The van der Waals surface area contributed by atoms with Crippen LogP contribution in [0.2, 0.25) is 0 Å². The average Bonchev–Trinajstić information content (AvgIpc) is 3.38. The van der Waals surface area contributed by atoms with Crippen LogP contribution in [-0.4, -0.2) is 39.2 Å². The maximum absolute atomic E-state index is 6.15. The summed E-state index contributed by atoms with van der Waals surface area (Å²) in [6.07, 6.45) is 7.42. The molecular formula is C26H27N7O. The molecule has 8 heteroatoms. The zero-order valence-corrected chi connectivity index (χ0v) is 19.6. The highest BCUT2D eigenvalue weighted by molar-refractivity contribution is 5.87. The van der Waals surface area contributed by atoms with Crippen molar-refractivity contribution in [3.05, 3.63) is 60.0 Å². The lowest BCUT2D eigenvalue weighted by molar-refractivity contribution is 0.479. The van der Waals surface area contributed by atoms with Gasteiger partial charge in [-0.15, -0.1) is 0 Å². The molecule has 2 aromatic carbocycles. The van der Waals surface area contributed by atoms with Crippen molar-refractivity contribution in [2.24, 2.45) is 4.99 Å². The Morgan fingerprint density at radius 2 is 1.85 bits per heavy atom. The minimum atomic E-state index is 0.654.